The van der Waals surface area contributed by atoms with Crippen LogP contribution in [0.1, 0.15) is 114 Å². The van der Waals surface area contributed by atoms with E-state index in [1.54, 1.807) is 0 Å². The molecule has 4 nitrogen and oxygen atoms in total. The van der Waals surface area contributed by atoms with Crippen molar-refractivity contribution in [3.05, 3.63) is 83.9 Å². The zero-order valence-corrected chi connectivity index (χ0v) is 25.0. The van der Waals surface area contributed by atoms with Gasteiger partial charge in [-0.15, -0.1) is 0 Å². The van der Waals surface area contributed by atoms with Gasteiger partial charge in [-0.25, -0.2) is 4.79 Å². The molecule has 3 rings (SSSR count). The van der Waals surface area contributed by atoms with Crippen molar-refractivity contribution in [2.24, 2.45) is 0 Å². The molecule has 3 aromatic rings. The van der Waals surface area contributed by atoms with Crippen LogP contribution >= 0.6 is 0 Å². The Balaban J connectivity index is 1.60. The number of hydrogen-bond donors (Lipinski definition) is 0. The van der Waals surface area contributed by atoms with Gasteiger partial charge in [-0.1, -0.05) is 108 Å². The number of carbonyl (C=O) groups excluding carboxylic acids is 1. The Hall–Kier alpha value is -3.11. The Morgan fingerprint density at radius 2 is 1.30 bits per heavy atom. The molecule has 0 bridgehead atoms. The molecule has 0 saturated heterocycles. The van der Waals surface area contributed by atoms with Gasteiger partial charge in [0.05, 0.1) is 17.8 Å². The molecule has 40 heavy (non-hydrogen) atoms. The fraction of sp³-hybridized carbons (Fsp3) is 0.472. The number of ether oxygens (including phenoxy) is 3. The molecule has 0 aliphatic rings. The van der Waals surface area contributed by atoms with Crippen molar-refractivity contribution in [1.82, 2.24) is 0 Å². The summed E-state index contributed by atoms with van der Waals surface area (Å²) in [4.78, 5) is 13.0. The van der Waals surface area contributed by atoms with Gasteiger partial charge in [-0.3, -0.25) is 0 Å². The monoisotopic (exact) mass is 544 g/mol. The molecule has 0 fully saturated rings. The van der Waals surface area contributed by atoms with E-state index in [-0.39, 0.29) is 18.2 Å². The third-order valence-corrected chi connectivity index (χ3v) is 7.24. The maximum Gasteiger partial charge on any atom is 0.343 e. The van der Waals surface area contributed by atoms with Crippen molar-refractivity contribution < 1.29 is 19.0 Å². The lowest BCUT2D eigenvalue weighted by atomic mass is 10.0. The highest BCUT2D eigenvalue weighted by Gasteiger charge is 2.16. The van der Waals surface area contributed by atoms with E-state index in [0.717, 1.165) is 55.4 Å². The van der Waals surface area contributed by atoms with Crippen molar-refractivity contribution in [3.63, 3.8) is 0 Å². The molecule has 0 spiro atoms. The van der Waals surface area contributed by atoms with Gasteiger partial charge in [0.15, 0.2) is 11.5 Å². The number of esters is 1. The summed E-state index contributed by atoms with van der Waals surface area (Å²) in [6, 6.07) is 23.5. The fourth-order valence-corrected chi connectivity index (χ4v) is 4.84. The highest BCUT2D eigenvalue weighted by molar-refractivity contribution is 5.92. The second-order valence-electron chi connectivity index (χ2n) is 10.6. The molecule has 2 atom stereocenters. The van der Waals surface area contributed by atoms with Gasteiger partial charge in [-0.05, 0) is 73.6 Å². The summed E-state index contributed by atoms with van der Waals surface area (Å²) in [5, 5.41) is 0. The lowest BCUT2D eigenvalue weighted by Gasteiger charge is -2.20. The van der Waals surface area contributed by atoms with Gasteiger partial charge in [0, 0.05) is 6.61 Å². The average molecular weight is 545 g/mol. The molecule has 0 aliphatic heterocycles. The van der Waals surface area contributed by atoms with Crippen molar-refractivity contribution in [1.29, 1.82) is 0 Å². The van der Waals surface area contributed by atoms with E-state index >= 15 is 0 Å². The molecule has 4 heteroatoms. The molecule has 0 radical (unpaired) electrons. The number of carbonyl (C=O) groups is 1. The van der Waals surface area contributed by atoms with E-state index in [4.69, 9.17) is 14.2 Å². The first-order valence-electron chi connectivity index (χ1n) is 15.4. The standard InChI is InChI=1S/C36H48O4/c1-5-8-9-10-11-12-16-33(15-6-2)39-34-17-13-14-18-35(34)40-36(37)32-25-23-31(24-26-32)30-21-19-29(20-22-30)28(4)38-27-7-3/h13-14,17-26,28,33H,5-12,15-16,27H2,1-4H3. The van der Waals surface area contributed by atoms with Crippen LogP contribution in [0, 0.1) is 0 Å². The molecule has 0 saturated carbocycles. The van der Waals surface area contributed by atoms with Gasteiger partial charge in [0.1, 0.15) is 0 Å². The molecule has 0 aliphatic carbocycles. The first-order valence-corrected chi connectivity index (χ1v) is 15.4. The van der Waals surface area contributed by atoms with Crippen LogP contribution in [0.4, 0.5) is 0 Å². The number of unbranched alkanes of at least 4 members (excludes halogenated alkanes) is 5. The summed E-state index contributed by atoms with van der Waals surface area (Å²) in [6.45, 7) is 9.38. The second kappa shape index (κ2) is 17.6. The van der Waals surface area contributed by atoms with Crippen LogP contribution in [0.15, 0.2) is 72.8 Å². The van der Waals surface area contributed by atoms with Crippen molar-refractivity contribution in [2.75, 3.05) is 6.61 Å². The van der Waals surface area contributed by atoms with Crippen LogP contribution in [0.2, 0.25) is 0 Å². The predicted octanol–water partition coefficient (Wildman–Crippen LogP) is 10.4. The van der Waals surface area contributed by atoms with Crippen LogP contribution in [0.25, 0.3) is 11.1 Å². The largest absolute Gasteiger partial charge is 0.487 e. The predicted molar refractivity (Wildman–Crippen MR) is 165 cm³/mol. The number of para-hydroxylation sites is 2. The van der Waals surface area contributed by atoms with Crippen LogP contribution in [-0.4, -0.2) is 18.7 Å². The van der Waals surface area contributed by atoms with Crippen LogP contribution in [-0.2, 0) is 4.74 Å². The minimum atomic E-state index is -0.386. The Labute approximate surface area is 242 Å². The van der Waals surface area contributed by atoms with E-state index in [2.05, 4.69) is 52.0 Å². The summed E-state index contributed by atoms with van der Waals surface area (Å²) in [5.74, 6) is 0.715. The highest BCUT2D eigenvalue weighted by Crippen LogP contribution is 2.31. The van der Waals surface area contributed by atoms with Gasteiger partial charge < -0.3 is 14.2 Å². The third kappa shape index (κ3) is 10.1. The molecule has 3 aromatic carbocycles. The summed E-state index contributed by atoms with van der Waals surface area (Å²) in [5.41, 5.74) is 3.81. The summed E-state index contributed by atoms with van der Waals surface area (Å²) in [6.07, 6.45) is 11.9. The first kappa shape index (κ1) is 31.4. The van der Waals surface area contributed by atoms with E-state index < -0.39 is 0 Å². The number of benzene rings is 3. The van der Waals surface area contributed by atoms with E-state index in [1.165, 1.54) is 32.1 Å². The SMILES string of the molecule is CCCCCCCCC(CCC)Oc1ccccc1OC(=O)c1ccc(-c2ccc(C(C)OCCC)cc2)cc1. The zero-order chi connectivity index (χ0) is 28.6. The Morgan fingerprint density at radius 1 is 0.675 bits per heavy atom. The summed E-state index contributed by atoms with van der Waals surface area (Å²) >= 11 is 0. The Morgan fingerprint density at radius 3 is 1.95 bits per heavy atom. The Bertz CT molecular complexity index is 1120. The minimum absolute atomic E-state index is 0.0748. The number of hydrogen-bond acceptors (Lipinski definition) is 4. The van der Waals surface area contributed by atoms with E-state index in [1.807, 2.05) is 48.5 Å². The quantitative estimate of drug-likeness (QED) is 0.0907. The van der Waals surface area contributed by atoms with E-state index in [9.17, 15) is 4.79 Å². The summed E-state index contributed by atoms with van der Waals surface area (Å²) < 4.78 is 18.0. The van der Waals surface area contributed by atoms with Gasteiger partial charge in [0.2, 0.25) is 0 Å². The average Bonchev–Trinajstić information content (AvgIpc) is 2.98. The van der Waals surface area contributed by atoms with Crippen LogP contribution < -0.4 is 9.47 Å². The molecule has 0 aromatic heterocycles. The van der Waals surface area contributed by atoms with Crippen molar-refractivity contribution in [3.8, 4) is 22.6 Å². The second-order valence-corrected chi connectivity index (χ2v) is 10.6. The van der Waals surface area contributed by atoms with E-state index in [0.29, 0.717) is 17.1 Å². The maximum atomic E-state index is 13.0. The molecular weight excluding hydrogens is 496 g/mol. The van der Waals surface area contributed by atoms with Gasteiger partial charge in [0.25, 0.3) is 0 Å². The third-order valence-electron chi connectivity index (χ3n) is 7.24. The molecule has 0 heterocycles. The smallest absolute Gasteiger partial charge is 0.343 e. The zero-order valence-electron chi connectivity index (χ0n) is 25.0. The van der Waals surface area contributed by atoms with Crippen LogP contribution in [0.5, 0.6) is 11.5 Å². The lowest BCUT2D eigenvalue weighted by Crippen LogP contribution is -2.17. The van der Waals surface area contributed by atoms with Gasteiger partial charge in [-0.2, -0.15) is 0 Å². The lowest BCUT2D eigenvalue weighted by molar-refractivity contribution is 0.0662. The maximum absolute atomic E-state index is 13.0. The highest BCUT2D eigenvalue weighted by atomic mass is 16.6. The molecular formula is C36H48O4. The van der Waals surface area contributed by atoms with Crippen LogP contribution in [0.3, 0.4) is 0 Å². The molecule has 0 N–H and O–H groups in total. The minimum Gasteiger partial charge on any atom is -0.487 e. The summed E-state index contributed by atoms with van der Waals surface area (Å²) in [7, 11) is 0. The molecule has 2 unspecified atom stereocenters. The Kier molecular flexibility index (Phi) is 13.8. The topological polar surface area (TPSA) is 44.8 Å². The molecule has 216 valence electrons. The van der Waals surface area contributed by atoms with Crippen molar-refractivity contribution in [2.45, 2.75) is 104 Å². The first-order chi connectivity index (χ1) is 19.5. The fourth-order valence-electron chi connectivity index (χ4n) is 4.84. The number of rotatable bonds is 18. The van der Waals surface area contributed by atoms with Crippen molar-refractivity contribution >= 4 is 5.97 Å². The van der Waals surface area contributed by atoms with Gasteiger partial charge >= 0.3 is 5.97 Å². The molecule has 0 amide bonds. The normalized spacial score (nSPS) is 12.6.